The minimum Gasteiger partial charge on any atom is -0.478 e. The van der Waals surface area contributed by atoms with Crippen LogP contribution < -0.4 is 0 Å². The minimum atomic E-state index is -0.864. The van der Waals surface area contributed by atoms with Gasteiger partial charge in [-0.1, -0.05) is 90.4 Å². The first kappa shape index (κ1) is 22.5. The number of carboxylic acids is 1. The summed E-state index contributed by atoms with van der Waals surface area (Å²) < 4.78 is 0. The number of carbonyl (C=O) groups is 1. The Morgan fingerprint density at radius 2 is 1.32 bits per heavy atom. The number of rotatable bonds is 16. The number of unbranched alkanes of at least 4 members (excludes halogenated alkanes) is 13. The molecular weight excluding hydrogens is 346 g/mol. The number of aromatic carboxylic acids is 1. The second-order valence-electron chi connectivity index (χ2n) is 8.25. The van der Waals surface area contributed by atoms with Crippen LogP contribution in [0.2, 0.25) is 0 Å². The summed E-state index contributed by atoms with van der Waals surface area (Å²) in [6, 6.07) is 7.39. The molecule has 3 nitrogen and oxygen atoms in total. The average molecular weight is 386 g/mol. The Morgan fingerprint density at radius 1 is 0.786 bits per heavy atom. The molecule has 2 rings (SSSR count). The number of fused-ring (bicyclic) bond motifs is 1. The van der Waals surface area contributed by atoms with Gasteiger partial charge in [-0.05, 0) is 37.1 Å². The van der Waals surface area contributed by atoms with Gasteiger partial charge in [0.2, 0.25) is 0 Å². The minimum absolute atomic E-state index is 0.356. The standard InChI is InChI=1S/C25H39NO2/c1-2-3-4-5-6-7-8-9-10-11-12-13-14-15-16-23-20-22-19-21(25(27)28)17-18-24(22)26-23/h17-20,26H,2-16H2,1H3,(H,27,28). The highest BCUT2D eigenvalue weighted by atomic mass is 16.4. The second-order valence-corrected chi connectivity index (χ2v) is 8.25. The highest BCUT2D eigenvalue weighted by molar-refractivity contribution is 5.93. The van der Waals surface area contributed by atoms with Crippen LogP contribution in [-0.4, -0.2) is 16.1 Å². The number of aromatic nitrogens is 1. The third-order valence-electron chi connectivity index (χ3n) is 5.72. The van der Waals surface area contributed by atoms with Crippen LogP contribution in [0.15, 0.2) is 24.3 Å². The van der Waals surface area contributed by atoms with E-state index in [4.69, 9.17) is 5.11 Å². The molecule has 0 radical (unpaired) electrons. The lowest BCUT2D eigenvalue weighted by Gasteiger charge is -2.03. The number of hydrogen-bond donors (Lipinski definition) is 2. The Bertz CT molecular complexity index is 689. The molecule has 156 valence electrons. The van der Waals surface area contributed by atoms with Crippen molar-refractivity contribution in [2.24, 2.45) is 0 Å². The predicted octanol–water partition coefficient (Wildman–Crippen LogP) is 7.89. The van der Waals surface area contributed by atoms with E-state index in [2.05, 4.69) is 18.0 Å². The third-order valence-corrected chi connectivity index (χ3v) is 5.72. The highest BCUT2D eigenvalue weighted by Gasteiger charge is 2.06. The lowest BCUT2D eigenvalue weighted by atomic mass is 10.0. The molecule has 2 aromatic rings. The van der Waals surface area contributed by atoms with Crippen molar-refractivity contribution in [1.29, 1.82) is 0 Å². The number of nitrogens with one attached hydrogen (secondary N) is 1. The number of aryl methyl sites for hydroxylation is 1. The molecule has 0 unspecified atom stereocenters. The Kier molecular flexibility index (Phi) is 10.8. The van der Waals surface area contributed by atoms with Crippen LogP contribution in [0, 0.1) is 0 Å². The Labute approximate surface area is 170 Å². The summed E-state index contributed by atoms with van der Waals surface area (Å²) in [7, 11) is 0. The van der Waals surface area contributed by atoms with Crippen LogP contribution in [0.4, 0.5) is 0 Å². The molecule has 3 heteroatoms. The van der Waals surface area contributed by atoms with E-state index < -0.39 is 5.97 Å². The molecule has 0 aliphatic rings. The molecule has 0 saturated carbocycles. The van der Waals surface area contributed by atoms with E-state index >= 15 is 0 Å². The molecule has 1 heterocycles. The molecular formula is C25H39NO2. The van der Waals surface area contributed by atoms with Crippen molar-refractivity contribution in [3.05, 3.63) is 35.5 Å². The molecule has 0 bridgehead atoms. The summed E-state index contributed by atoms with van der Waals surface area (Å²) in [5.74, 6) is -0.864. The molecule has 0 aliphatic heterocycles. The van der Waals surface area contributed by atoms with E-state index in [9.17, 15) is 4.79 Å². The highest BCUT2D eigenvalue weighted by Crippen LogP contribution is 2.19. The quantitative estimate of drug-likeness (QED) is 0.289. The molecule has 0 saturated heterocycles. The summed E-state index contributed by atoms with van der Waals surface area (Å²) in [6.45, 7) is 2.28. The number of benzene rings is 1. The van der Waals surface area contributed by atoms with E-state index in [0.717, 1.165) is 17.3 Å². The lowest BCUT2D eigenvalue weighted by molar-refractivity contribution is 0.0697. The molecule has 0 spiro atoms. The summed E-state index contributed by atoms with van der Waals surface area (Å²) in [5, 5.41) is 10.1. The second kappa shape index (κ2) is 13.4. The van der Waals surface area contributed by atoms with Crippen LogP contribution in [0.3, 0.4) is 0 Å². The maximum Gasteiger partial charge on any atom is 0.335 e. The van der Waals surface area contributed by atoms with Gasteiger partial charge in [-0.15, -0.1) is 0 Å². The number of H-pyrrole nitrogens is 1. The molecule has 1 aromatic carbocycles. The third kappa shape index (κ3) is 8.50. The number of hydrogen-bond acceptors (Lipinski definition) is 1. The number of aromatic amines is 1. The van der Waals surface area contributed by atoms with Crippen molar-refractivity contribution in [2.45, 2.75) is 103 Å². The maximum atomic E-state index is 11.1. The Balaban J connectivity index is 1.46. The van der Waals surface area contributed by atoms with Crippen LogP contribution in [0.25, 0.3) is 10.9 Å². The van der Waals surface area contributed by atoms with Crippen molar-refractivity contribution >= 4 is 16.9 Å². The SMILES string of the molecule is CCCCCCCCCCCCCCCCc1cc2cc(C(=O)O)ccc2[nH]1. The molecule has 0 amide bonds. The van der Waals surface area contributed by atoms with Crippen LogP contribution in [0.5, 0.6) is 0 Å². The van der Waals surface area contributed by atoms with Gasteiger partial charge in [0.1, 0.15) is 0 Å². The van der Waals surface area contributed by atoms with Gasteiger partial charge >= 0.3 is 5.97 Å². The first-order valence-corrected chi connectivity index (χ1v) is 11.6. The van der Waals surface area contributed by atoms with Crippen LogP contribution >= 0.6 is 0 Å². The van der Waals surface area contributed by atoms with Gasteiger partial charge in [0.25, 0.3) is 0 Å². The summed E-state index contributed by atoms with van der Waals surface area (Å²) >= 11 is 0. The van der Waals surface area contributed by atoms with Gasteiger partial charge in [0, 0.05) is 16.6 Å². The predicted molar refractivity (Wildman–Crippen MR) is 119 cm³/mol. The zero-order valence-corrected chi connectivity index (χ0v) is 17.8. The van der Waals surface area contributed by atoms with Crippen molar-refractivity contribution in [2.75, 3.05) is 0 Å². The first-order valence-electron chi connectivity index (χ1n) is 11.6. The van der Waals surface area contributed by atoms with E-state index in [-0.39, 0.29) is 0 Å². The smallest absolute Gasteiger partial charge is 0.335 e. The fourth-order valence-corrected chi connectivity index (χ4v) is 3.97. The molecule has 1 aromatic heterocycles. The summed E-state index contributed by atoms with van der Waals surface area (Å²) in [6.07, 6.45) is 20.4. The van der Waals surface area contributed by atoms with Crippen molar-refractivity contribution in [3.63, 3.8) is 0 Å². The summed E-state index contributed by atoms with van der Waals surface area (Å²) in [4.78, 5) is 14.5. The van der Waals surface area contributed by atoms with Crippen molar-refractivity contribution < 1.29 is 9.90 Å². The van der Waals surface area contributed by atoms with E-state index in [1.807, 2.05) is 6.07 Å². The number of carboxylic acid groups (broad SMARTS) is 1. The van der Waals surface area contributed by atoms with Gasteiger partial charge in [-0.2, -0.15) is 0 Å². The molecule has 28 heavy (non-hydrogen) atoms. The topological polar surface area (TPSA) is 53.1 Å². The molecule has 0 fully saturated rings. The van der Waals surface area contributed by atoms with Gasteiger partial charge in [0.05, 0.1) is 5.56 Å². The fourth-order valence-electron chi connectivity index (χ4n) is 3.97. The van der Waals surface area contributed by atoms with E-state index in [0.29, 0.717) is 5.56 Å². The Hall–Kier alpha value is -1.77. The Morgan fingerprint density at radius 3 is 1.86 bits per heavy atom. The monoisotopic (exact) mass is 385 g/mol. The molecule has 0 aliphatic carbocycles. The first-order chi connectivity index (χ1) is 13.7. The van der Waals surface area contributed by atoms with E-state index in [1.54, 1.807) is 12.1 Å². The van der Waals surface area contributed by atoms with Crippen molar-refractivity contribution in [3.8, 4) is 0 Å². The maximum absolute atomic E-state index is 11.1. The van der Waals surface area contributed by atoms with Crippen molar-refractivity contribution in [1.82, 2.24) is 4.98 Å². The lowest BCUT2D eigenvalue weighted by Crippen LogP contribution is -1.94. The largest absolute Gasteiger partial charge is 0.478 e. The van der Waals surface area contributed by atoms with Gasteiger partial charge in [-0.25, -0.2) is 4.79 Å². The van der Waals surface area contributed by atoms with E-state index in [1.165, 1.54) is 95.6 Å². The molecule has 0 atom stereocenters. The van der Waals surface area contributed by atoms with Crippen LogP contribution in [0.1, 0.15) is 113 Å². The summed E-state index contributed by atoms with van der Waals surface area (Å²) in [5.41, 5.74) is 2.61. The zero-order chi connectivity index (χ0) is 20.0. The molecule has 2 N–H and O–H groups in total. The van der Waals surface area contributed by atoms with Gasteiger partial charge < -0.3 is 10.1 Å². The normalized spacial score (nSPS) is 11.3. The van der Waals surface area contributed by atoms with Crippen LogP contribution in [-0.2, 0) is 6.42 Å². The fraction of sp³-hybridized carbons (Fsp3) is 0.640. The zero-order valence-electron chi connectivity index (χ0n) is 17.8. The average Bonchev–Trinajstić information content (AvgIpc) is 3.10. The van der Waals surface area contributed by atoms with Gasteiger partial charge in [0.15, 0.2) is 0 Å². The van der Waals surface area contributed by atoms with Gasteiger partial charge in [-0.3, -0.25) is 0 Å².